The van der Waals surface area contributed by atoms with Gasteiger partial charge in [0.25, 0.3) is 5.24 Å². The number of thioether (sulfide) groups is 1. The maximum Gasteiger partial charge on any atom is 0.286 e. The summed E-state index contributed by atoms with van der Waals surface area (Å²) in [5, 5.41) is 1.93. The van der Waals surface area contributed by atoms with E-state index >= 15 is 0 Å². The fraction of sp³-hybridized carbons (Fsp3) is 0.542. The van der Waals surface area contributed by atoms with Gasteiger partial charge in [0.05, 0.1) is 18.0 Å². The summed E-state index contributed by atoms with van der Waals surface area (Å²) in [4.78, 5) is 27.8. The smallest absolute Gasteiger partial charge is 0.286 e. The van der Waals surface area contributed by atoms with Crippen molar-refractivity contribution in [3.8, 4) is 11.5 Å². The first-order valence-electron chi connectivity index (χ1n) is 11.2. The number of hydrogen-bond donors (Lipinski definition) is 1. The monoisotopic (exact) mass is 442 g/mol. The predicted molar refractivity (Wildman–Crippen MR) is 121 cm³/mol. The van der Waals surface area contributed by atoms with Crippen LogP contribution in [-0.2, 0) is 22.6 Å². The fourth-order valence-corrected chi connectivity index (χ4v) is 5.25. The molecule has 1 N–H and O–H groups in total. The Bertz CT molecular complexity index is 924. The third kappa shape index (κ3) is 5.57. The van der Waals surface area contributed by atoms with Crippen molar-refractivity contribution in [1.82, 2.24) is 10.3 Å². The van der Waals surface area contributed by atoms with Crippen LogP contribution in [0, 0.1) is 12.8 Å². The van der Waals surface area contributed by atoms with E-state index in [0.29, 0.717) is 18.4 Å². The number of amides is 2. The van der Waals surface area contributed by atoms with Crippen LogP contribution < -0.4 is 5.32 Å². The molecule has 1 aromatic heterocycles. The van der Waals surface area contributed by atoms with Crippen molar-refractivity contribution >= 4 is 22.9 Å². The molecule has 7 heteroatoms. The predicted octanol–water partition coefficient (Wildman–Crippen LogP) is 5.42. The highest BCUT2D eigenvalue weighted by molar-refractivity contribution is 8.15. The highest BCUT2D eigenvalue weighted by Gasteiger charge is 2.32. The molecule has 2 aliphatic rings. The van der Waals surface area contributed by atoms with E-state index < -0.39 is 0 Å². The molecule has 2 aromatic rings. The van der Waals surface area contributed by atoms with Crippen molar-refractivity contribution < 1.29 is 18.7 Å². The fourth-order valence-electron chi connectivity index (χ4n) is 4.41. The van der Waals surface area contributed by atoms with E-state index in [1.165, 1.54) is 5.56 Å². The lowest BCUT2D eigenvalue weighted by Crippen LogP contribution is -2.26. The number of carbonyl (C=O) groups is 2. The Morgan fingerprint density at radius 2 is 2.00 bits per heavy atom. The van der Waals surface area contributed by atoms with Gasteiger partial charge in [0.2, 0.25) is 11.8 Å². The summed E-state index contributed by atoms with van der Waals surface area (Å²) in [7, 11) is 0. The summed E-state index contributed by atoms with van der Waals surface area (Å²) >= 11 is 1.13. The second-order valence-electron chi connectivity index (χ2n) is 8.53. The van der Waals surface area contributed by atoms with Crippen molar-refractivity contribution in [2.24, 2.45) is 5.92 Å². The standard InChI is InChI=1S/C24H30N2O4S/c1-3-20-19(25-23(30-20)17-10-7-15(2)8-11-17)14-29-18-6-4-5-16(13-18)9-12-21-22(27)26-24(28)31-21/h7-8,10-11,16,18,21H,3-6,9,12-14H2,1-2H3,(H,26,27,28). The summed E-state index contributed by atoms with van der Waals surface area (Å²) in [6.45, 7) is 4.60. The van der Waals surface area contributed by atoms with Crippen LogP contribution in [-0.4, -0.2) is 27.5 Å². The van der Waals surface area contributed by atoms with Crippen molar-refractivity contribution in [2.75, 3.05) is 0 Å². The molecule has 4 rings (SSSR count). The van der Waals surface area contributed by atoms with E-state index in [-0.39, 0.29) is 22.5 Å². The third-order valence-electron chi connectivity index (χ3n) is 6.19. The maximum atomic E-state index is 11.8. The number of carbonyl (C=O) groups excluding carboxylic acids is 2. The molecular weight excluding hydrogens is 412 g/mol. The van der Waals surface area contributed by atoms with Crippen LogP contribution in [0.3, 0.4) is 0 Å². The first kappa shape index (κ1) is 22.1. The van der Waals surface area contributed by atoms with E-state index in [1.807, 2.05) is 12.1 Å². The molecule has 1 saturated heterocycles. The van der Waals surface area contributed by atoms with Crippen molar-refractivity contribution in [3.05, 3.63) is 41.3 Å². The number of oxazole rings is 1. The number of imide groups is 1. The number of aryl methyl sites for hydroxylation is 2. The Balaban J connectivity index is 1.31. The molecule has 2 heterocycles. The van der Waals surface area contributed by atoms with E-state index in [0.717, 1.165) is 73.7 Å². The molecule has 0 bridgehead atoms. The molecule has 0 radical (unpaired) electrons. The Labute approximate surface area is 187 Å². The second kappa shape index (κ2) is 10.0. The molecule has 2 fully saturated rings. The summed E-state index contributed by atoms with van der Waals surface area (Å²) in [5.74, 6) is 1.94. The Morgan fingerprint density at radius 1 is 1.19 bits per heavy atom. The largest absolute Gasteiger partial charge is 0.441 e. The van der Waals surface area contributed by atoms with Gasteiger partial charge in [-0.25, -0.2) is 4.98 Å². The van der Waals surface area contributed by atoms with Crippen LogP contribution in [0.15, 0.2) is 28.7 Å². The van der Waals surface area contributed by atoms with Gasteiger partial charge in [-0.15, -0.1) is 0 Å². The molecule has 166 valence electrons. The number of nitrogens with one attached hydrogen (secondary N) is 1. The van der Waals surface area contributed by atoms with Gasteiger partial charge in [-0.3, -0.25) is 14.9 Å². The van der Waals surface area contributed by atoms with Crippen LogP contribution in [0.25, 0.3) is 11.5 Å². The molecular formula is C24H30N2O4S. The van der Waals surface area contributed by atoms with Gasteiger partial charge in [0.15, 0.2) is 0 Å². The van der Waals surface area contributed by atoms with Gasteiger partial charge in [-0.2, -0.15) is 0 Å². The van der Waals surface area contributed by atoms with E-state index in [2.05, 4.69) is 31.3 Å². The van der Waals surface area contributed by atoms with Crippen LogP contribution in [0.5, 0.6) is 0 Å². The second-order valence-corrected chi connectivity index (χ2v) is 9.71. The normalized spacial score (nSPS) is 23.9. The van der Waals surface area contributed by atoms with Crippen molar-refractivity contribution in [2.45, 2.75) is 76.8 Å². The van der Waals surface area contributed by atoms with E-state index in [4.69, 9.17) is 14.1 Å². The number of hydrogen-bond acceptors (Lipinski definition) is 6. The maximum absolute atomic E-state index is 11.8. The lowest BCUT2D eigenvalue weighted by Gasteiger charge is -2.29. The minimum absolute atomic E-state index is 0.138. The van der Waals surface area contributed by atoms with Gasteiger partial charge < -0.3 is 9.15 Å². The van der Waals surface area contributed by atoms with Gasteiger partial charge in [-0.1, -0.05) is 49.2 Å². The van der Waals surface area contributed by atoms with Gasteiger partial charge in [0, 0.05) is 12.0 Å². The van der Waals surface area contributed by atoms with E-state index in [9.17, 15) is 9.59 Å². The highest BCUT2D eigenvalue weighted by atomic mass is 32.2. The highest BCUT2D eigenvalue weighted by Crippen LogP contribution is 2.33. The molecule has 31 heavy (non-hydrogen) atoms. The summed E-state index contributed by atoms with van der Waals surface area (Å²) in [6, 6.07) is 8.20. The van der Waals surface area contributed by atoms with Gasteiger partial charge >= 0.3 is 0 Å². The van der Waals surface area contributed by atoms with Gasteiger partial charge in [0.1, 0.15) is 11.5 Å². The summed E-state index contributed by atoms with van der Waals surface area (Å²) < 4.78 is 12.3. The minimum Gasteiger partial charge on any atom is -0.441 e. The minimum atomic E-state index is -0.226. The Hall–Kier alpha value is -2.12. The molecule has 3 unspecified atom stereocenters. The van der Waals surface area contributed by atoms with Crippen LogP contribution in [0.1, 0.15) is 62.5 Å². The average Bonchev–Trinajstić information content (AvgIpc) is 3.33. The molecule has 1 aliphatic carbocycles. The SMILES string of the molecule is CCc1oc(-c2ccc(C)cc2)nc1COC1CCCC(CCC2SC(=O)NC2=O)C1. The quantitative estimate of drug-likeness (QED) is 0.588. The molecule has 1 aliphatic heterocycles. The van der Waals surface area contributed by atoms with Crippen LogP contribution in [0.4, 0.5) is 4.79 Å². The first-order chi connectivity index (χ1) is 15.0. The molecule has 1 saturated carbocycles. The van der Waals surface area contributed by atoms with E-state index in [1.54, 1.807) is 0 Å². The van der Waals surface area contributed by atoms with Gasteiger partial charge in [-0.05, 0) is 50.7 Å². The number of nitrogens with zero attached hydrogens (tertiary/aromatic N) is 1. The lowest BCUT2D eigenvalue weighted by atomic mass is 9.84. The zero-order valence-electron chi connectivity index (χ0n) is 18.2. The lowest BCUT2D eigenvalue weighted by molar-refractivity contribution is -0.119. The molecule has 3 atom stereocenters. The molecule has 6 nitrogen and oxygen atoms in total. The number of ether oxygens (including phenoxy) is 1. The summed E-state index contributed by atoms with van der Waals surface area (Å²) in [6.07, 6.45) is 7.04. The molecule has 0 spiro atoms. The topological polar surface area (TPSA) is 81.4 Å². The average molecular weight is 443 g/mol. The van der Waals surface area contributed by atoms with Crippen molar-refractivity contribution in [3.63, 3.8) is 0 Å². The Kier molecular flexibility index (Phi) is 7.13. The third-order valence-corrected chi connectivity index (χ3v) is 7.24. The zero-order valence-corrected chi connectivity index (χ0v) is 19.0. The zero-order chi connectivity index (χ0) is 21.8. The number of aromatic nitrogens is 1. The summed E-state index contributed by atoms with van der Waals surface area (Å²) in [5.41, 5.74) is 3.08. The number of benzene rings is 1. The van der Waals surface area contributed by atoms with Crippen LogP contribution >= 0.6 is 11.8 Å². The van der Waals surface area contributed by atoms with Crippen molar-refractivity contribution in [1.29, 1.82) is 0 Å². The molecule has 2 amide bonds. The van der Waals surface area contributed by atoms with Crippen LogP contribution in [0.2, 0.25) is 0 Å². The Morgan fingerprint density at radius 3 is 2.71 bits per heavy atom. The first-order valence-corrected chi connectivity index (χ1v) is 12.1. The molecule has 1 aromatic carbocycles. The number of rotatable bonds is 8.